The summed E-state index contributed by atoms with van der Waals surface area (Å²) in [5.74, 6) is -0.804. The highest BCUT2D eigenvalue weighted by Crippen LogP contribution is 2.21. The monoisotopic (exact) mass is 230 g/mol. The molecule has 1 aromatic heterocycles. The van der Waals surface area contributed by atoms with Crippen molar-refractivity contribution < 1.29 is 9.90 Å². The quantitative estimate of drug-likeness (QED) is 0.846. The second-order valence-corrected chi connectivity index (χ2v) is 3.90. The lowest BCUT2D eigenvalue weighted by Crippen LogP contribution is -2.08. The van der Waals surface area contributed by atoms with E-state index in [-0.39, 0.29) is 6.42 Å². The van der Waals surface area contributed by atoms with Crippen LogP contribution < -0.4 is 5.32 Å². The fourth-order valence-electron chi connectivity index (χ4n) is 1.69. The topological polar surface area (TPSA) is 62.2 Å². The maximum atomic E-state index is 10.5. The van der Waals surface area contributed by atoms with Gasteiger partial charge >= 0.3 is 5.97 Å². The lowest BCUT2D eigenvalue weighted by Gasteiger charge is -2.08. The number of carboxylic acid groups (broad SMARTS) is 1. The molecule has 0 fully saturated rings. The maximum Gasteiger partial charge on any atom is 0.305 e. The zero-order valence-electron chi connectivity index (χ0n) is 9.60. The molecular formula is C13H14N2O2. The van der Waals surface area contributed by atoms with Crippen LogP contribution in [0.15, 0.2) is 30.3 Å². The van der Waals surface area contributed by atoms with E-state index >= 15 is 0 Å². The summed E-state index contributed by atoms with van der Waals surface area (Å²) >= 11 is 0. The van der Waals surface area contributed by atoms with Gasteiger partial charge < -0.3 is 10.4 Å². The minimum absolute atomic E-state index is 0.0994. The van der Waals surface area contributed by atoms with Crippen molar-refractivity contribution in [2.45, 2.75) is 13.3 Å². The summed E-state index contributed by atoms with van der Waals surface area (Å²) in [6.07, 6.45) is 0.0994. The molecule has 4 heteroatoms. The number of hydrogen-bond acceptors (Lipinski definition) is 3. The van der Waals surface area contributed by atoms with E-state index in [0.29, 0.717) is 6.54 Å². The van der Waals surface area contributed by atoms with Gasteiger partial charge in [-0.25, -0.2) is 0 Å². The van der Waals surface area contributed by atoms with Gasteiger partial charge in [0.15, 0.2) is 0 Å². The van der Waals surface area contributed by atoms with E-state index in [1.807, 2.05) is 37.3 Å². The van der Waals surface area contributed by atoms with E-state index in [1.165, 1.54) is 0 Å². The first-order chi connectivity index (χ1) is 8.16. The largest absolute Gasteiger partial charge is 0.481 e. The van der Waals surface area contributed by atoms with Crippen LogP contribution in [0.2, 0.25) is 0 Å². The number of aliphatic carboxylic acids is 1. The van der Waals surface area contributed by atoms with Gasteiger partial charge in [-0.05, 0) is 19.1 Å². The number of benzene rings is 1. The van der Waals surface area contributed by atoms with Crippen LogP contribution in [0.4, 0.5) is 5.69 Å². The number of aromatic nitrogens is 1. The molecule has 2 N–H and O–H groups in total. The number of fused-ring (bicyclic) bond motifs is 1. The number of anilines is 1. The molecule has 0 saturated heterocycles. The van der Waals surface area contributed by atoms with E-state index in [1.54, 1.807) is 0 Å². The minimum atomic E-state index is -0.804. The SMILES string of the molecule is Cc1ccc2cccc(NCCC(=O)O)c2n1. The van der Waals surface area contributed by atoms with E-state index in [2.05, 4.69) is 10.3 Å². The lowest BCUT2D eigenvalue weighted by atomic mass is 10.1. The van der Waals surface area contributed by atoms with Gasteiger partial charge in [-0.15, -0.1) is 0 Å². The first-order valence-electron chi connectivity index (χ1n) is 5.49. The number of para-hydroxylation sites is 1. The normalized spacial score (nSPS) is 10.4. The Morgan fingerprint density at radius 2 is 2.18 bits per heavy atom. The van der Waals surface area contributed by atoms with Crippen molar-refractivity contribution in [3.05, 3.63) is 36.0 Å². The maximum absolute atomic E-state index is 10.5. The van der Waals surface area contributed by atoms with Crippen molar-refractivity contribution >= 4 is 22.6 Å². The van der Waals surface area contributed by atoms with Crippen LogP contribution in [-0.4, -0.2) is 22.6 Å². The van der Waals surface area contributed by atoms with Crippen molar-refractivity contribution in [1.82, 2.24) is 4.98 Å². The molecule has 1 aromatic carbocycles. The predicted octanol–water partition coefficient (Wildman–Crippen LogP) is 2.43. The van der Waals surface area contributed by atoms with Gasteiger partial charge in [0.1, 0.15) is 0 Å². The molecule has 88 valence electrons. The summed E-state index contributed by atoms with van der Waals surface area (Å²) in [6.45, 7) is 2.34. The van der Waals surface area contributed by atoms with Crippen LogP contribution in [0.3, 0.4) is 0 Å². The van der Waals surface area contributed by atoms with E-state index in [9.17, 15) is 4.79 Å². The molecule has 0 atom stereocenters. The summed E-state index contributed by atoms with van der Waals surface area (Å²) in [6, 6.07) is 9.81. The molecule has 0 radical (unpaired) electrons. The first kappa shape index (κ1) is 11.4. The fraction of sp³-hybridized carbons (Fsp3) is 0.231. The number of carbonyl (C=O) groups is 1. The lowest BCUT2D eigenvalue weighted by molar-refractivity contribution is -0.136. The Morgan fingerprint density at radius 3 is 2.94 bits per heavy atom. The second-order valence-electron chi connectivity index (χ2n) is 3.90. The molecule has 2 aromatic rings. The predicted molar refractivity (Wildman–Crippen MR) is 67.2 cm³/mol. The zero-order valence-corrected chi connectivity index (χ0v) is 9.60. The highest BCUT2D eigenvalue weighted by molar-refractivity contribution is 5.90. The summed E-state index contributed by atoms with van der Waals surface area (Å²) in [4.78, 5) is 14.9. The van der Waals surface area contributed by atoms with Gasteiger partial charge in [0.25, 0.3) is 0 Å². The molecule has 0 amide bonds. The minimum Gasteiger partial charge on any atom is -0.481 e. The Hall–Kier alpha value is -2.10. The van der Waals surface area contributed by atoms with Crippen LogP contribution in [0.25, 0.3) is 10.9 Å². The van der Waals surface area contributed by atoms with Crippen molar-refractivity contribution in [3.8, 4) is 0 Å². The molecule has 0 aliphatic carbocycles. The molecule has 0 aliphatic heterocycles. The van der Waals surface area contributed by atoms with Crippen molar-refractivity contribution in [2.75, 3.05) is 11.9 Å². The van der Waals surface area contributed by atoms with Crippen molar-refractivity contribution in [3.63, 3.8) is 0 Å². The molecule has 0 unspecified atom stereocenters. The number of carboxylic acids is 1. The Morgan fingerprint density at radius 1 is 1.35 bits per heavy atom. The van der Waals surface area contributed by atoms with Gasteiger partial charge in [-0.1, -0.05) is 18.2 Å². The third-order valence-corrected chi connectivity index (χ3v) is 2.51. The summed E-state index contributed by atoms with van der Waals surface area (Å²) in [7, 11) is 0. The fourth-order valence-corrected chi connectivity index (χ4v) is 1.69. The molecule has 0 spiro atoms. The van der Waals surface area contributed by atoms with Crippen molar-refractivity contribution in [1.29, 1.82) is 0 Å². The van der Waals surface area contributed by atoms with Crippen LogP contribution in [-0.2, 0) is 4.79 Å². The number of hydrogen-bond donors (Lipinski definition) is 2. The Kier molecular flexibility index (Phi) is 3.23. The summed E-state index contributed by atoms with van der Waals surface area (Å²) < 4.78 is 0. The van der Waals surface area contributed by atoms with Crippen LogP contribution in [0.5, 0.6) is 0 Å². The molecule has 2 rings (SSSR count). The Bertz CT molecular complexity index is 552. The molecule has 17 heavy (non-hydrogen) atoms. The number of rotatable bonds is 4. The van der Waals surface area contributed by atoms with Crippen molar-refractivity contribution in [2.24, 2.45) is 0 Å². The Labute approximate surface area is 99.3 Å². The number of nitrogens with zero attached hydrogens (tertiary/aromatic N) is 1. The van der Waals surface area contributed by atoms with Gasteiger partial charge in [-0.3, -0.25) is 9.78 Å². The smallest absolute Gasteiger partial charge is 0.305 e. The second kappa shape index (κ2) is 4.82. The Balaban J connectivity index is 2.27. The molecule has 0 aliphatic rings. The summed E-state index contributed by atoms with van der Waals surface area (Å²) in [5.41, 5.74) is 2.72. The number of nitrogens with one attached hydrogen (secondary N) is 1. The highest BCUT2D eigenvalue weighted by atomic mass is 16.4. The van der Waals surface area contributed by atoms with Crippen LogP contribution in [0.1, 0.15) is 12.1 Å². The van der Waals surface area contributed by atoms with E-state index < -0.39 is 5.97 Å². The molecular weight excluding hydrogens is 216 g/mol. The van der Waals surface area contributed by atoms with E-state index in [0.717, 1.165) is 22.3 Å². The van der Waals surface area contributed by atoms with Gasteiger partial charge in [-0.2, -0.15) is 0 Å². The average molecular weight is 230 g/mol. The van der Waals surface area contributed by atoms with Crippen LogP contribution >= 0.6 is 0 Å². The third kappa shape index (κ3) is 2.72. The molecule has 1 heterocycles. The first-order valence-corrected chi connectivity index (χ1v) is 5.49. The van der Waals surface area contributed by atoms with E-state index in [4.69, 9.17) is 5.11 Å². The third-order valence-electron chi connectivity index (χ3n) is 2.51. The van der Waals surface area contributed by atoms with Gasteiger partial charge in [0, 0.05) is 17.6 Å². The molecule has 0 saturated carbocycles. The average Bonchev–Trinajstić information content (AvgIpc) is 2.29. The highest BCUT2D eigenvalue weighted by Gasteiger charge is 2.03. The number of aryl methyl sites for hydroxylation is 1. The molecule has 0 bridgehead atoms. The van der Waals surface area contributed by atoms with Gasteiger partial charge in [0.2, 0.25) is 0 Å². The van der Waals surface area contributed by atoms with Crippen LogP contribution in [0, 0.1) is 6.92 Å². The van der Waals surface area contributed by atoms with Gasteiger partial charge in [0.05, 0.1) is 17.6 Å². The standard InChI is InChI=1S/C13H14N2O2/c1-9-5-6-10-3-2-4-11(13(10)15-9)14-8-7-12(16)17/h2-6,14H,7-8H2,1H3,(H,16,17). The zero-order chi connectivity index (χ0) is 12.3. The number of pyridine rings is 1. The summed E-state index contributed by atoms with van der Waals surface area (Å²) in [5, 5.41) is 12.7. The molecule has 4 nitrogen and oxygen atoms in total.